The minimum Gasteiger partial charge on any atom is -0.469 e. The maximum atomic E-state index is 5.42. The highest BCUT2D eigenvalue weighted by molar-refractivity contribution is 5.80. The molecule has 7 heteroatoms. The summed E-state index contributed by atoms with van der Waals surface area (Å²) in [7, 11) is 0. The highest BCUT2D eigenvalue weighted by Gasteiger charge is 2.20. The molecule has 0 amide bonds. The predicted octanol–water partition coefficient (Wildman–Crippen LogP) is 2.85. The van der Waals surface area contributed by atoms with Crippen molar-refractivity contribution in [1.82, 2.24) is 15.6 Å². The third-order valence-electron chi connectivity index (χ3n) is 4.97. The number of piperidine rings is 1. The number of pyridine rings is 1. The van der Waals surface area contributed by atoms with Crippen molar-refractivity contribution >= 4 is 11.8 Å². The van der Waals surface area contributed by atoms with Crippen LogP contribution in [-0.2, 0) is 11.2 Å². The van der Waals surface area contributed by atoms with Crippen molar-refractivity contribution in [3.8, 4) is 0 Å². The normalized spacial score (nSPS) is 15.5. The lowest BCUT2D eigenvalue weighted by atomic mass is 10.1. The molecule has 0 radical (unpaired) electrons. The van der Waals surface area contributed by atoms with Gasteiger partial charge in [-0.3, -0.25) is 4.99 Å². The first-order valence-corrected chi connectivity index (χ1v) is 10.7. The monoisotopic (exact) mass is 399 g/mol. The number of hydrogen-bond donors (Lipinski definition) is 2. The lowest BCUT2D eigenvalue weighted by Gasteiger charge is -2.33. The van der Waals surface area contributed by atoms with Crippen molar-refractivity contribution in [3.05, 3.63) is 48.6 Å². The Balaban J connectivity index is 1.46. The van der Waals surface area contributed by atoms with E-state index in [0.717, 1.165) is 82.6 Å². The molecule has 3 heterocycles. The fourth-order valence-corrected chi connectivity index (χ4v) is 3.40. The standard InChI is InChI=1S/C22H33N5O2/c1-2-28-17-6-13-24-22(25-14-9-20-7-5-18-29-20)26-19-10-15-27(16-11-19)21-8-3-4-12-23-21/h3-5,7-8,12,18-19H,2,6,9-11,13-17H2,1H3,(H2,24,25,26). The predicted molar refractivity (Wildman–Crippen MR) is 116 cm³/mol. The van der Waals surface area contributed by atoms with Gasteiger partial charge in [0.15, 0.2) is 5.96 Å². The molecule has 158 valence electrons. The van der Waals surface area contributed by atoms with Crippen molar-refractivity contribution in [1.29, 1.82) is 0 Å². The van der Waals surface area contributed by atoms with E-state index >= 15 is 0 Å². The summed E-state index contributed by atoms with van der Waals surface area (Å²) in [5.41, 5.74) is 0. The van der Waals surface area contributed by atoms with Crippen molar-refractivity contribution in [2.24, 2.45) is 4.99 Å². The second-order valence-electron chi connectivity index (χ2n) is 7.13. The summed E-state index contributed by atoms with van der Waals surface area (Å²) in [6.45, 7) is 7.06. The molecule has 1 aliphatic heterocycles. The Kier molecular flexibility index (Phi) is 8.85. The number of hydrogen-bond acceptors (Lipinski definition) is 5. The number of furan rings is 1. The van der Waals surface area contributed by atoms with E-state index < -0.39 is 0 Å². The maximum Gasteiger partial charge on any atom is 0.191 e. The van der Waals surface area contributed by atoms with Crippen molar-refractivity contribution in [2.75, 3.05) is 44.3 Å². The fraction of sp³-hybridized carbons (Fsp3) is 0.545. The van der Waals surface area contributed by atoms with Crippen molar-refractivity contribution < 1.29 is 9.15 Å². The summed E-state index contributed by atoms with van der Waals surface area (Å²) in [6.07, 6.45) is 7.46. The van der Waals surface area contributed by atoms with Crippen molar-refractivity contribution in [2.45, 2.75) is 38.6 Å². The molecule has 29 heavy (non-hydrogen) atoms. The summed E-state index contributed by atoms with van der Waals surface area (Å²) >= 11 is 0. The molecule has 0 bridgehead atoms. The molecule has 0 spiro atoms. The summed E-state index contributed by atoms with van der Waals surface area (Å²) in [6, 6.07) is 10.4. The molecule has 2 aromatic rings. The summed E-state index contributed by atoms with van der Waals surface area (Å²) in [5, 5.41) is 7.07. The molecule has 1 saturated heterocycles. The molecule has 0 atom stereocenters. The Labute approximate surface area is 173 Å². The molecule has 7 nitrogen and oxygen atoms in total. The van der Waals surface area contributed by atoms with Crippen molar-refractivity contribution in [3.63, 3.8) is 0 Å². The molecule has 1 aliphatic rings. The molecular formula is C22H33N5O2. The lowest BCUT2D eigenvalue weighted by molar-refractivity contribution is 0.146. The fourth-order valence-electron chi connectivity index (χ4n) is 3.40. The Morgan fingerprint density at radius 2 is 2.17 bits per heavy atom. The molecule has 1 fully saturated rings. The number of anilines is 1. The topological polar surface area (TPSA) is 74.9 Å². The molecule has 0 aromatic carbocycles. The molecule has 0 aliphatic carbocycles. The van der Waals surface area contributed by atoms with E-state index in [1.54, 1.807) is 6.26 Å². The highest BCUT2D eigenvalue weighted by atomic mass is 16.5. The number of aromatic nitrogens is 1. The number of nitrogens with zero attached hydrogens (tertiary/aromatic N) is 3. The number of nitrogens with one attached hydrogen (secondary N) is 2. The third-order valence-corrected chi connectivity index (χ3v) is 4.97. The van der Waals surface area contributed by atoms with Crippen LogP contribution < -0.4 is 15.5 Å². The summed E-state index contributed by atoms with van der Waals surface area (Å²) in [5.74, 6) is 2.92. The Morgan fingerprint density at radius 3 is 2.90 bits per heavy atom. The van der Waals surface area contributed by atoms with E-state index in [1.807, 2.05) is 37.4 Å². The van der Waals surface area contributed by atoms with Gasteiger partial charge >= 0.3 is 0 Å². The van der Waals surface area contributed by atoms with Crippen LogP contribution in [0.3, 0.4) is 0 Å². The van der Waals surface area contributed by atoms with Gasteiger partial charge in [-0.2, -0.15) is 0 Å². The minimum absolute atomic E-state index is 0.414. The Morgan fingerprint density at radius 1 is 1.28 bits per heavy atom. The first-order valence-electron chi connectivity index (χ1n) is 10.7. The quantitative estimate of drug-likeness (QED) is 0.364. The molecule has 0 saturated carbocycles. The number of aliphatic imine (C=N–C) groups is 1. The summed E-state index contributed by atoms with van der Waals surface area (Å²) in [4.78, 5) is 11.6. The summed E-state index contributed by atoms with van der Waals surface area (Å²) < 4.78 is 10.8. The van der Waals surface area contributed by atoms with Crippen LogP contribution in [0.5, 0.6) is 0 Å². The van der Waals surface area contributed by atoms with Crippen LogP contribution in [-0.4, -0.2) is 56.4 Å². The zero-order valence-corrected chi connectivity index (χ0v) is 17.3. The van der Waals surface area contributed by atoms with Gasteiger partial charge < -0.3 is 24.7 Å². The van der Waals surface area contributed by atoms with E-state index in [4.69, 9.17) is 14.1 Å². The average molecular weight is 400 g/mol. The van der Waals surface area contributed by atoms with E-state index in [-0.39, 0.29) is 0 Å². The zero-order chi connectivity index (χ0) is 20.2. The number of rotatable bonds is 10. The van der Waals surface area contributed by atoms with Gasteiger partial charge in [0, 0.05) is 58.1 Å². The van der Waals surface area contributed by atoms with E-state index in [1.165, 1.54) is 0 Å². The van der Waals surface area contributed by atoms with Gasteiger partial charge in [-0.25, -0.2) is 4.98 Å². The van der Waals surface area contributed by atoms with Crippen LogP contribution in [0.25, 0.3) is 0 Å². The van der Waals surface area contributed by atoms with Crippen LogP contribution in [0.1, 0.15) is 31.9 Å². The van der Waals surface area contributed by atoms with Gasteiger partial charge in [0.05, 0.1) is 6.26 Å². The highest BCUT2D eigenvalue weighted by Crippen LogP contribution is 2.17. The zero-order valence-electron chi connectivity index (χ0n) is 17.3. The second kappa shape index (κ2) is 12.1. The molecule has 3 rings (SSSR count). The molecule has 2 N–H and O–H groups in total. The van der Waals surface area contributed by atoms with Gasteiger partial charge in [0.2, 0.25) is 0 Å². The van der Waals surface area contributed by atoms with Crippen LogP contribution >= 0.6 is 0 Å². The molecule has 2 aromatic heterocycles. The van der Waals surface area contributed by atoms with Gasteiger partial charge in [0.1, 0.15) is 11.6 Å². The Hall–Kier alpha value is -2.54. The average Bonchev–Trinajstić information content (AvgIpc) is 3.28. The SMILES string of the molecule is CCOCCCN=C(NCCc1ccco1)NC1CCN(c2ccccn2)CC1. The van der Waals surface area contributed by atoms with E-state index in [9.17, 15) is 0 Å². The van der Waals surface area contributed by atoms with E-state index in [2.05, 4.69) is 26.6 Å². The number of ether oxygens (including phenoxy) is 1. The van der Waals surface area contributed by atoms with Crippen LogP contribution in [0.2, 0.25) is 0 Å². The van der Waals surface area contributed by atoms with Gasteiger partial charge in [-0.1, -0.05) is 6.07 Å². The van der Waals surface area contributed by atoms with Gasteiger partial charge in [-0.15, -0.1) is 0 Å². The van der Waals surface area contributed by atoms with Crippen LogP contribution in [0.15, 0.2) is 52.2 Å². The maximum absolute atomic E-state index is 5.42. The van der Waals surface area contributed by atoms with Crippen LogP contribution in [0.4, 0.5) is 5.82 Å². The van der Waals surface area contributed by atoms with E-state index in [0.29, 0.717) is 6.04 Å². The minimum atomic E-state index is 0.414. The first kappa shape index (κ1) is 21.2. The number of guanidine groups is 1. The smallest absolute Gasteiger partial charge is 0.191 e. The lowest BCUT2D eigenvalue weighted by Crippen LogP contribution is -2.49. The van der Waals surface area contributed by atoms with Crippen LogP contribution in [0, 0.1) is 0 Å². The molecular weight excluding hydrogens is 366 g/mol. The first-order chi connectivity index (χ1) is 14.3. The second-order valence-corrected chi connectivity index (χ2v) is 7.13. The largest absolute Gasteiger partial charge is 0.469 e. The molecule has 0 unspecified atom stereocenters. The Bertz CT molecular complexity index is 697. The van der Waals surface area contributed by atoms with Gasteiger partial charge in [-0.05, 0) is 50.5 Å². The van der Waals surface area contributed by atoms with Gasteiger partial charge in [0.25, 0.3) is 0 Å². The third kappa shape index (κ3) is 7.42.